The van der Waals surface area contributed by atoms with Gasteiger partial charge in [0.05, 0.1) is 16.7 Å². The highest BCUT2D eigenvalue weighted by atomic mass is 32.2. The molecule has 1 aliphatic heterocycles. The summed E-state index contributed by atoms with van der Waals surface area (Å²) in [5.74, 6) is 0.0919. The van der Waals surface area contributed by atoms with Crippen molar-refractivity contribution < 1.29 is 9.90 Å². The molecule has 2 atom stereocenters. The van der Waals surface area contributed by atoms with Crippen molar-refractivity contribution in [3.8, 4) is 0 Å². The summed E-state index contributed by atoms with van der Waals surface area (Å²) in [6.07, 6.45) is 7.90. The van der Waals surface area contributed by atoms with Gasteiger partial charge in [0.2, 0.25) is 0 Å². The van der Waals surface area contributed by atoms with Gasteiger partial charge in [0.1, 0.15) is 0 Å². The van der Waals surface area contributed by atoms with E-state index in [2.05, 4.69) is 4.98 Å². The molecular weight excluding hydrogens is 284 g/mol. The second-order valence-electron chi connectivity index (χ2n) is 5.89. The summed E-state index contributed by atoms with van der Waals surface area (Å²) in [6.45, 7) is 1.73. The molecule has 0 bridgehead atoms. The molecule has 5 heteroatoms. The van der Waals surface area contributed by atoms with Gasteiger partial charge in [-0.1, -0.05) is 12.8 Å². The normalized spacial score (nSPS) is 26.0. The van der Waals surface area contributed by atoms with E-state index in [1.807, 2.05) is 17.0 Å². The standard InChI is InChI=1S/C16H22N2O2S/c19-13-5-1-2-6-14(13)21-15-8-7-12(11-17-15)16(20)18-9-3-4-10-18/h7-8,11,13-14,19H,1-6,9-10H2. The number of aliphatic hydroxyl groups is 1. The number of carbonyl (C=O) groups excluding carboxylic acids is 1. The summed E-state index contributed by atoms with van der Waals surface area (Å²) in [5.41, 5.74) is 0.672. The molecule has 1 amide bonds. The molecule has 1 saturated heterocycles. The minimum Gasteiger partial charge on any atom is -0.392 e. The van der Waals surface area contributed by atoms with Crippen LogP contribution in [0.2, 0.25) is 0 Å². The smallest absolute Gasteiger partial charge is 0.255 e. The predicted octanol–water partition coefficient (Wildman–Crippen LogP) is 2.71. The summed E-state index contributed by atoms with van der Waals surface area (Å²) in [5, 5.41) is 11.2. The second-order valence-corrected chi connectivity index (χ2v) is 7.15. The molecule has 2 unspecified atom stereocenters. The fourth-order valence-electron chi connectivity index (χ4n) is 3.05. The number of hydrogen-bond acceptors (Lipinski definition) is 4. The quantitative estimate of drug-likeness (QED) is 0.933. The maximum absolute atomic E-state index is 12.2. The first kappa shape index (κ1) is 14.9. The zero-order valence-corrected chi connectivity index (χ0v) is 13.0. The molecule has 0 radical (unpaired) electrons. The maximum atomic E-state index is 12.2. The molecule has 1 aromatic rings. The highest BCUT2D eigenvalue weighted by molar-refractivity contribution is 7.99. The Labute approximate surface area is 129 Å². The van der Waals surface area contributed by atoms with Gasteiger partial charge < -0.3 is 10.0 Å². The van der Waals surface area contributed by atoms with Crippen molar-refractivity contribution in [3.63, 3.8) is 0 Å². The van der Waals surface area contributed by atoms with Crippen molar-refractivity contribution in [1.82, 2.24) is 9.88 Å². The van der Waals surface area contributed by atoms with Crippen LogP contribution >= 0.6 is 11.8 Å². The van der Waals surface area contributed by atoms with E-state index in [0.29, 0.717) is 5.56 Å². The van der Waals surface area contributed by atoms with Crippen LogP contribution in [0.25, 0.3) is 0 Å². The summed E-state index contributed by atoms with van der Waals surface area (Å²) >= 11 is 1.64. The molecule has 0 spiro atoms. The van der Waals surface area contributed by atoms with E-state index >= 15 is 0 Å². The van der Waals surface area contributed by atoms with Crippen molar-refractivity contribution >= 4 is 17.7 Å². The van der Waals surface area contributed by atoms with Crippen LogP contribution in [0.4, 0.5) is 0 Å². The molecule has 114 valence electrons. The van der Waals surface area contributed by atoms with E-state index in [0.717, 1.165) is 50.2 Å². The molecule has 2 fully saturated rings. The Morgan fingerprint density at radius 3 is 2.62 bits per heavy atom. The highest BCUT2D eigenvalue weighted by Crippen LogP contribution is 2.32. The van der Waals surface area contributed by atoms with Crippen molar-refractivity contribution in [3.05, 3.63) is 23.9 Å². The Hall–Kier alpha value is -1.07. The largest absolute Gasteiger partial charge is 0.392 e. The minimum atomic E-state index is -0.226. The Bertz CT molecular complexity index is 486. The number of aromatic nitrogens is 1. The Balaban J connectivity index is 1.62. The molecule has 2 heterocycles. The lowest BCUT2D eigenvalue weighted by atomic mass is 9.97. The third-order valence-electron chi connectivity index (χ3n) is 4.32. The number of likely N-dealkylation sites (tertiary alicyclic amines) is 1. The van der Waals surface area contributed by atoms with Gasteiger partial charge in [-0.3, -0.25) is 4.79 Å². The van der Waals surface area contributed by atoms with E-state index < -0.39 is 0 Å². The van der Waals surface area contributed by atoms with E-state index in [4.69, 9.17) is 0 Å². The van der Waals surface area contributed by atoms with E-state index in [-0.39, 0.29) is 17.3 Å². The van der Waals surface area contributed by atoms with Gasteiger partial charge in [-0.15, -0.1) is 11.8 Å². The summed E-state index contributed by atoms with van der Waals surface area (Å²) in [6, 6.07) is 3.78. The first-order chi connectivity index (χ1) is 10.2. The Morgan fingerprint density at radius 2 is 1.95 bits per heavy atom. The lowest BCUT2D eigenvalue weighted by Crippen LogP contribution is -2.28. The number of amides is 1. The molecule has 1 aliphatic carbocycles. The zero-order chi connectivity index (χ0) is 14.7. The van der Waals surface area contributed by atoms with Crippen molar-refractivity contribution in [2.75, 3.05) is 13.1 Å². The number of carbonyl (C=O) groups is 1. The van der Waals surface area contributed by atoms with Gasteiger partial charge in [-0.2, -0.15) is 0 Å². The first-order valence-electron chi connectivity index (χ1n) is 7.84. The third kappa shape index (κ3) is 3.58. The molecule has 2 aliphatic rings. The van der Waals surface area contributed by atoms with Crippen LogP contribution in [0.3, 0.4) is 0 Å². The molecule has 21 heavy (non-hydrogen) atoms. The van der Waals surface area contributed by atoms with Crippen LogP contribution in [0.5, 0.6) is 0 Å². The van der Waals surface area contributed by atoms with Gasteiger partial charge in [-0.25, -0.2) is 4.98 Å². The van der Waals surface area contributed by atoms with E-state index in [1.165, 1.54) is 6.42 Å². The molecular formula is C16H22N2O2S. The van der Waals surface area contributed by atoms with Crippen molar-refractivity contribution in [1.29, 1.82) is 0 Å². The van der Waals surface area contributed by atoms with Crippen molar-refractivity contribution in [2.45, 2.75) is 54.9 Å². The lowest BCUT2D eigenvalue weighted by Gasteiger charge is -2.26. The van der Waals surface area contributed by atoms with Crippen LogP contribution in [0, 0.1) is 0 Å². The van der Waals surface area contributed by atoms with Crippen LogP contribution in [0.15, 0.2) is 23.4 Å². The van der Waals surface area contributed by atoms with Crippen LogP contribution in [-0.2, 0) is 0 Å². The molecule has 1 saturated carbocycles. The number of pyridine rings is 1. The van der Waals surface area contributed by atoms with Gasteiger partial charge >= 0.3 is 0 Å². The summed E-state index contributed by atoms with van der Waals surface area (Å²) in [4.78, 5) is 18.5. The molecule has 1 aromatic heterocycles. The summed E-state index contributed by atoms with van der Waals surface area (Å²) < 4.78 is 0. The van der Waals surface area contributed by atoms with E-state index in [9.17, 15) is 9.90 Å². The Kier molecular flexibility index (Phi) is 4.80. The number of hydrogen-bond donors (Lipinski definition) is 1. The van der Waals surface area contributed by atoms with Crippen LogP contribution in [0.1, 0.15) is 48.9 Å². The first-order valence-corrected chi connectivity index (χ1v) is 8.72. The fourth-order valence-corrected chi connectivity index (χ4v) is 4.20. The van der Waals surface area contributed by atoms with Gasteiger partial charge in [-0.05, 0) is 37.8 Å². The lowest BCUT2D eigenvalue weighted by molar-refractivity contribution is 0.0792. The predicted molar refractivity (Wildman–Crippen MR) is 83.5 cm³/mol. The molecule has 1 N–H and O–H groups in total. The average molecular weight is 306 g/mol. The average Bonchev–Trinajstić information content (AvgIpc) is 3.04. The van der Waals surface area contributed by atoms with Crippen molar-refractivity contribution in [2.24, 2.45) is 0 Å². The number of nitrogens with zero attached hydrogens (tertiary/aromatic N) is 2. The van der Waals surface area contributed by atoms with Crippen LogP contribution < -0.4 is 0 Å². The monoisotopic (exact) mass is 306 g/mol. The van der Waals surface area contributed by atoms with Crippen LogP contribution in [-0.4, -0.2) is 45.3 Å². The number of rotatable bonds is 3. The third-order valence-corrected chi connectivity index (χ3v) is 5.65. The molecule has 4 nitrogen and oxygen atoms in total. The minimum absolute atomic E-state index is 0.0919. The summed E-state index contributed by atoms with van der Waals surface area (Å²) in [7, 11) is 0. The van der Waals surface area contributed by atoms with Gasteiger partial charge in [0.25, 0.3) is 5.91 Å². The van der Waals surface area contributed by atoms with E-state index in [1.54, 1.807) is 18.0 Å². The fraction of sp³-hybridized carbons (Fsp3) is 0.625. The molecule has 3 rings (SSSR count). The Morgan fingerprint density at radius 1 is 1.19 bits per heavy atom. The number of thioether (sulfide) groups is 1. The zero-order valence-electron chi connectivity index (χ0n) is 12.2. The SMILES string of the molecule is O=C(c1ccc(SC2CCCCC2O)nc1)N1CCCC1. The van der Waals surface area contributed by atoms with Gasteiger partial charge in [0, 0.05) is 24.5 Å². The number of aliphatic hydroxyl groups excluding tert-OH is 1. The van der Waals surface area contributed by atoms with Gasteiger partial charge in [0.15, 0.2) is 0 Å². The maximum Gasteiger partial charge on any atom is 0.255 e. The second kappa shape index (κ2) is 6.79. The topological polar surface area (TPSA) is 53.4 Å². The molecule has 0 aromatic carbocycles. The highest BCUT2D eigenvalue weighted by Gasteiger charge is 2.25.